The van der Waals surface area contributed by atoms with Gasteiger partial charge in [-0.1, -0.05) is 18.0 Å². The Balaban J connectivity index is 1.72. The number of hydrogen-bond acceptors (Lipinski definition) is 2. The average Bonchev–Trinajstić information content (AvgIpc) is 3.00. The molecule has 0 amide bonds. The Morgan fingerprint density at radius 2 is 2.22 bits per heavy atom. The van der Waals surface area contributed by atoms with E-state index < -0.39 is 0 Å². The van der Waals surface area contributed by atoms with Gasteiger partial charge < -0.3 is 5.11 Å². The SMILES string of the molecule is Cc1nn(C)c(CC(O)C2CC3CCC2C3)c1Cl. The van der Waals surface area contributed by atoms with E-state index in [1.807, 2.05) is 18.7 Å². The van der Waals surface area contributed by atoms with Crippen LogP contribution in [0.3, 0.4) is 0 Å². The van der Waals surface area contributed by atoms with Crippen LogP contribution in [0.15, 0.2) is 0 Å². The van der Waals surface area contributed by atoms with Crippen molar-refractivity contribution in [2.75, 3.05) is 0 Å². The third-order valence-electron chi connectivity index (χ3n) is 4.95. The first-order valence-corrected chi connectivity index (χ1v) is 7.30. The molecule has 4 atom stereocenters. The Kier molecular flexibility index (Phi) is 3.15. The summed E-state index contributed by atoms with van der Waals surface area (Å²) in [6, 6.07) is 0. The van der Waals surface area contributed by atoms with Gasteiger partial charge in [-0.2, -0.15) is 5.10 Å². The number of fused-ring (bicyclic) bond motifs is 2. The zero-order chi connectivity index (χ0) is 12.9. The van der Waals surface area contributed by atoms with Crippen LogP contribution >= 0.6 is 11.6 Å². The third-order valence-corrected chi connectivity index (χ3v) is 5.44. The molecule has 0 aliphatic heterocycles. The molecular weight excluding hydrogens is 248 g/mol. The lowest BCUT2D eigenvalue weighted by atomic mass is 9.83. The van der Waals surface area contributed by atoms with E-state index in [4.69, 9.17) is 11.6 Å². The van der Waals surface area contributed by atoms with Crippen molar-refractivity contribution in [1.82, 2.24) is 9.78 Å². The van der Waals surface area contributed by atoms with Crippen LogP contribution in [0.5, 0.6) is 0 Å². The van der Waals surface area contributed by atoms with Crippen LogP contribution in [0.2, 0.25) is 5.02 Å². The first-order chi connectivity index (χ1) is 8.56. The summed E-state index contributed by atoms with van der Waals surface area (Å²) in [6.45, 7) is 1.91. The first-order valence-electron chi connectivity index (χ1n) is 6.92. The quantitative estimate of drug-likeness (QED) is 0.915. The summed E-state index contributed by atoms with van der Waals surface area (Å²) >= 11 is 6.25. The van der Waals surface area contributed by atoms with E-state index in [2.05, 4.69) is 5.10 Å². The molecule has 2 aliphatic rings. The molecule has 2 saturated carbocycles. The second-order valence-electron chi connectivity index (χ2n) is 6.08. The summed E-state index contributed by atoms with van der Waals surface area (Å²) in [5, 5.41) is 15.5. The number of aromatic nitrogens is 2. The van der Waals surface area contributed by atoms with Crippen LogP contribution in [0.25, 0.3) is 0 Å². The number of rotatable bonds is 3. The number of aliphatic hydroxyl groups excluding tert-OH is 1. The summed E-state index contributed by atoms with van der Waals surface area (Å²) in [6.07, 6.45) is 5.61. The molecule has 3 rings (SSSR count). The lowest BCUT2D eigenvalue weighted by Crippen LogP contribution is -2.28. The second kappa shape index (κ2) is 4.53. The molecule has 1 N–H and O–H groups in total. The topological polar surface area (TPSA) is 38.0 Å². The smallest absolute Gasteiger partial charge is 0.0847 e. The minimum absolute atomic E-state index is 0.257. The molecule has 4 unspecified atom stereocenters. The zero-order valence-electron chi connectivity index (χ0n) is 11.1. The lowest BCUT2D eigenvalue weighted by Gasteiger charge is -2.26. The molecule has 3 nitrogen and oxygen atoms in total. The normalized spacial score (nSPS) is 32.1. The lowest BCUT2D eigenvalue weighted by molar-refractivity contribution is 0.0735. The molecule has 100 valence electrons. The maximum Gasteiger partial charge on any atom is 0.0847 e. The van der Waals surface area contributed by atoms with Crippen molar-refractivity contribution in [3.8, 4) is 0 Å². The molecule has 0 saturated heterocycles. The number of hydrogen-bond donors (Lipinski definition) is 1. The Morgan fingerprint density at radius 1 is 1.44 bits per heavy atom. The van der Waals surface area contributed by atoms with Crippen LogP contribution in [-0.4, -0.2) is 21.0 Å². The van der Waals surface area contributed by atoms with Crippen molar-refractivity contribution >= 4 is 11.6 Å². The fourth-order valence-electron chi connectivity index (χ4n) is 4.02. The van der Waals surface area contributed by atoms with Crippen LogP contribution < -0.4 is 0 Å². The Morgan fingerprint density at radius 3 is 2.72 bits per heavy atom. The van der Waals surface area contributed by atoms with Gasteiger partial charge in [-0.25, -0.2) is 0 Å². The molecule has 1 aromatic rings. The number of aliphatic hydroxyl groups is 1. The molecule has 4 heteroatoms. The summed E-state index contributed by atoms with van der Waals surface area (Å²) in [5.41, 5.74) is 1.83. The molecule has 1 aromatic heterocycles. The first kappa shape index (κ1) is 12.5. The highest BCUT2D eigenvalue weighted by molar-refractivity contribution is 6.31. The number of aryl methyl sites for hydroxylation is 2. The number of nitrogens with zero attached hydrogens (tertiary/aromatic N) is 2. The van der Waals surface area contributed by atoms with Gasteiger partial charge in [-0.15, -0.1) is 0 Å². The molecule has 1 heterocycles. The van der Waals surface area contributed by atoms with E-state index in [1.165, 1.54) is 25.7 Å². The Bertz CT molecular complexity index is 457. The molecule has 0 radical (unpaired) electrons. The van der Waals surface area contributed by atoms with Crippen molar-refractivity contribution in [3.05, 3.63) is 16.4 Å². The van der Waals surface area contributed by atoms with Crippen LogP contribution in [0, 0.1) is 24.7 Å². The monoisotopic (exact) mass is 268 g/mol. The molecule has 18 heavy (non-hydrogen) atoms. The summed E-state index contributed by atoms with van der Waals surface area (Å²) in [4.78, 5) is 0. The highest BCUT2D eigenvalue weighted by Gasteiger charge is 2.42. The van der Waals surface area contributed by atoms with Gasteiger partial charge in [0.25, 0.3) is 0 Å². The Labute approximate surface area is 113 Å². The van der Waals surface area contributed by atoms with E-state index in [0.717, 1.165) is 28.2 Å². The van der Waals surface area contributed by atoms with Gasteiger partial charge in [0.2, 0.25) is 0 Å². The van der Waals surface area contributed by atoms with E-state index in [-0.39, 0.29) is 6.10 Å². The highest BCUT2D eigenvalue weighted by atomic mass is 35.5. The summed E-state index contributed by atoms with van der Waals surface area (Å²) in [5.74, 6) is 2.10. The molecule has 2 fully saturated rings. The highest BCUT2D eigenvalue weighted by Crippen LogP contribution is 2.50. The van der Waals surface area contributed by atoms with E-state index in [1.54, 1.807) is 0 Å². The molecular formula is C14H21ClN2O. The van der Waals surface area contributed by atoms with Crippen molar-refractivity contribution in [3.63, 3.8) is 0 Å². The Hall–Kier alpha value is -0.540. The summed E-state index contributed by atoms with van der Waals surface area (Å²) < 4.78 is 1.81. The predicted octanol–water partition coefficient (Wildman–Crippen LogP) is 2.72. The largest absolute Gasteiger partial charge is 0.392 e. The fraction of sp³-hybridized carbons (Fsp3) is 0.786. The van der Waals surface area contributed by atoms with Crippen LogP contribution in [0.4, 0.5) is 0 Å². The van der Waals surface area contributed by atoms with Gasteiger partial charge in [0.05, 0.1) is 22.5 Å². The van der Waals surface area contributed by atoms with Crippen molar-refractivity contribution < 1.29 is 5.11 Å². The van der Waals surface area contributed by atoms with Gasteiger partial charge in [0.15, 0.2) is 0 Å². The average molecular weight is 269 g/mol. The molecule has 2 bridgehead atoms. The molecule has 2 aliphatic carbocycles. The van der Waals surface area contributed by atoms with Crippen molar-refractivity contribution in [2.24, 2.45) is 24.8 Å². The van der Waals surface area contributed by atoms with Crippen molar-refractivity contribution in [2.45, 2.75) is 45.1 Å². The maximum atomic E-state index is 10.5. The number of halogens is 1. The predicted molar refractivity (Wildman–Crippen MR) is 71.6 cm³/mol. The van der Waals surface area contributed by atoms with Gasteiger partial charge >= 0.3 is 0 Å². The standard InChI is InChI=1S/C14H21ClN2O/c1-8-14(15)12(17(2)16-8)7-13(18)11-6-9-3-4-10(11)5-9/h9-11,13,18H,3-7H2,1-2H3. The minimum atomic E-state index is -0.257. The van der Waals surface area contributed by atoms with Gasteiger partial charge in [-0.05, 0) is 43.9 Å². The third kappa shape index (κ3) is 1.97. The zero-order valence-corrected chi connectivity index (χ0v) is 11.8. The maximum absolute atomic E-state index is 10.5. The fourth-order valence-corrected chi connectivity index (χ4v) is 4.25. The van der Waals surface area contributed by atoms with Crippen LogP contribution in [0.1, 0.15) is 37.1 Å². The van der Waals surface area contributed by atoms with Gasteiger partial charge in [-0.3, -0.25) is 4.68 Å². The van der Waals surface area contributed by atoms with E-state index in [9.17, 15) is 5.11 Å². The summed E-state index contributed by atoms with van der Waals surface area (Å²) in [7, 11) is 1.90. The second-order valence-corrected chi connectivity index (χ2v) is 6.46. The van der Waals surface area contributed by atoms with Crippen molar-refractivity contribution in [1.29, 1.82) is 0 Å². The molecule has 0 aromatic carbocycles. The van der Waals surface area contributed by atoms with Crippen LogP contribution in [-0.2, 0) is 13.5 Å². The van der Waals surface area contributed by atoms with Gasteiger partial charge in [0.1, 0.15) is 0 Å². The van der Waals surface area contributed by atoms with E-state index >= 15 is 0 Å². The molecule has 0 spiro atoms. The van der Waals surface area contributed by atoms with E-state index in [0.29, 0.717) is 12.3 Å². The minimum Gasteiger partial charge on any atom is -0.392 e. The van der Waals surface area contributed by atoms with Gasteiger partial charge in [0, 0.05) is 13.5 Å².